The van der Waals surface area contributed by atoms with Gasteiger partial charge in [-0.05, 0) is 24.1 Å². The van der Waals surface area contributed by atoms with Crippen molar-refractivity contribution in [2.75, 3.05) is 32.8 Å². The molecule has 0 unspecified atom stereocenters. The van der Waals surface area contributed by atoms with Gasteiger partial charge in [0.15, 0.2) is 0 Å². The fourth-order valence-corrected chi connectivity index (χ4v) is 2.94. The SMILES string of the molecule is Cl.OCC[C@H](c1ccc(C(F)(F)F)c(Cl)c1)N1CCNCC1. The fourth-order valence-electron chi connectivity index (χ4n) is 2.64. The minimum Gasteiger partial charge on any atom is -0.396 e. The molecule has 1 aliphatic heterocycles. The fraction of sp³-hybridized carbons (Fsp3) is 0.571. The van der Waals surface area contributed by atoms with Crippen LogP contribution in [-0.2, 0) is 6.18 Å². The molecule has 22 heavy (non-hydrogen) atoms. The lowest BCUT2D eigenvalue weighted by Crippen LogP contribution is -2.45. The highest BCUT2D eigenvalue weighted by Crippen LogP contribution is 2.37. The van der Waals surface area contributed by atoms with Crippen LogP contribution in [0.4, 0.5) is 13.2 Å². The number of benzene rings is 1. The molecule has 3 nitrogen and oxygen atoms in total. The van der Waals surface area contributed by atoms with Crippen molar-refractivity contribution in [1.82, 2.24) is 10.2 Å². The van der Waals surface area contributed by atoms with Crippen molar-refractivity contribution in [3.8, 4) is 0 Å². The van der Waals surface area contributed by atoms with Gasteiger partial charge in [-0.15, -0.1) is 12.4 Å². The van der Waals surface area contributed by atoms with Gasteiger partial charge in [0, 0.05) is 38.8 Å². The Kier molecular flexibility index (Phi) is 7.41. The lowest BCUT2D eigenvalue weighted by molar-refractivity contribution is -0.137. The average molecular weight is 359 g/mol. The minimum absolute atomic E-state index is 0. The van der Waals surface area contributed by atoms with Crippen molar-refractivity contribution in [1.29, 1.82) is 0 Å². The minimum atomic E-state index is -4.45. The van der Waals surface area contributed by atoms with Gasteiger partial charge in [-0.3, -0.25) is 4.90 Å². The first-order chi connectivity index (χ1) is 9.93. The zero-order valence-electron chi connectivity index (χ0n) is 11.9. The highest BCUT2D eigenvalue weighted by atomic mass is 35.5. The van der Waals surface area contributed by atoms with Gasteiger partial charge >= 0.3 is 6.18 Å². The van der Waals surface area contributed by atoms with E-state index in [0.29, 0.717) is 12.0 Å². The van der Waals surface area contributed by atoms with Crippen LogP contribution in [0.3, 0.4) is 0 Å². The molecule has 2 rings (SSSR count). The van der Waals surface area contributed by atoms with Gasteiger partial charge in [0.25, 0.3) is 0 Å². The maximum atomic E-state index is 12.7. The molecule has 1 fully saturated rings. The van der Waals surface area contributed by atoms with Crippen molar-refractivity contribution in [2.45, 2.75) is 18.6 Å². The Hall–Kier alpha value is -0.530. The monoisotopic (exact) mass is 358 g/mol. The normalized spacial score (nSPS) is 17.9. The molecule has 1 atom stereocenters. The number of alkyl halides is 3. The standard InChI is InChI=1S/C14H18ClF3N2O.ClH/c15-12-9-10(1-2-11(12)14(16,17)18)13(3-8-21)20-6-4-19-5-7-20;/h1-2,9,13,19,21H,3-8H2;1H/t13-;/m1./s1. The van der Waals surface area contributed by atoms with Gasteiger partial charge in [0.05, 0.1) is 10.6 Å². The predicted octanol–water partition coefficient (Wildman–Crippen LogP) is 3.11. The number of aliphatic hydroxyl groups is 1. The van der Waals surface area contributed by atoms with Crippen molar-refractivity contribution in [3.63, 3.8) is 0 Å². The van der Waals surface area contributed by atoms with Gasteiger partial charge < -0.3 is 10.4 Å². The molecule has 0 spiro atoms. The average Bonchev–Trinajstić information content (AvgIpc) is 2.44. The van der Waals surface area contributed by atoms with Crippen molar-refractivity contribution < 1.29 is 18.3 Å². The molecule has 0 aromatic heterocycles. The van der Waals surface area contributed by atoms with E-state index in [1.54, 1.807) is 0 Å². The molecule has 8 heteroatoms. The third-order valence-electron chi connectivity index (χ3n) is 3.68. The number of nitrogens with one attached hydrogen (secondary N) is 1. The molecule has 0 aliphatic carbocycles. The van der Waals surface area contributed by atoms with Gasteiger partial charge in [-0.1, -0.05) is 17.7 Å². The van der Waals surface area contributed by atoms with E-state index >= 15 is 0 Å². The summed E-state index contributed by atoms with van der Waals surface area (Å²) in [5.41, 5.74) is -0.111. The first-order valence-electron chi connectivity index (χ1n) is 6.85. The van der Waals surface area contributed by atoms with E-state index in [4.69, 9.17) is 11.6 Å². The molecule has 1 heterocycles. The summed E-state index contributed by atoms with van der Waals surface area (Å²) < 4.78 is 38.2. The Bertz CT molecular complexity index is 480. The van der Waals surface area contributed by atoms with Crippen LogP contribution in [0.5, 0.6) is 0 Å². The molecule has 1 saturated heterocycles. The van der Waals surface area contributed by atoms with Crippen LogP contribution in [0, 0.1) is 0 Å². The highest BCUT2D eigenvalue weighted by Gasteiger charge is 2.33. The second kappa shape index (κ2) is 8.36. The van der Waals surface area contributed by atoms with Crippen molar-refractivity contribution in [2.24, 2.45) is 0 Å². The van der Waals surface area contributed by atoms with E-state index in [1.165, 1.54) is 12.1 Å². The molecule has 2 N–H and O–H groups in total. The Morgan fingerprint density at radius 3 is 2.41 bits per heavy atom. The molecule has 0 radical (unpaired) electrons. The molecule has 0 bridgehead atoms. The summed E-state index contributed by atoms with van der Waals surface area (Å²) in [4.78, 5) is 2.16. The van der Waals surface area contributed by atoms with E-state index in [2.05, 4.69) is 10.2 Å². The second-order valence-corrected chi connectivity index (χ2v) is 5.46. The summed E-state index contributed by atoms with van der Waals surface area (Å²) in [6, 6.07) is 3.73. The Balaban J connectivity index is 0.00000242. The quantitative estimate of drug-likeness (QED) is 0.867. The topological polar surface area (TPSA) is 35.5 Å². The Labute approximate surface area is 138 Å². The number of aliphatic hydroxyl groups excluding tert-OH is 1. The largest absolute Gasteiger partial charge is 0.417 e. The summed E-state index contributed by atoms with van der Waals surface area (Å²) in [6.45, 7) is 3.23. The van der Waals surface area contributed by atoms with E-state index < -0.39 is 11.7 Å². The maximum Gasteiger partial charge on any atom is 0.417 e. The van der Waals surface area contributed by atoms with Crippen LogP contribution in [-0.4, -0.2) is 42.8 Å². The van der Waals surface area contributed by atoms with Crippen molar-refractivity contribution >= 4 is 24.0 Å². The molecule has 1 aromatic carbocycles. The van der Waals surface area contributed by atoms with Gasteiger partial charge in [-0.2, -0.15) is 13.2 Å². The summed E-state index contributed by atoms with van der Waals surface area (Å²) in [6.07, 6.45) is -3.97. The smallest absolute Gasteiger partial charge is 0.396 e. The first-order valence-corrected chi connectivity index (χ1v) is 7.23. The number of nitrogens with zero attached hydrogens (tertiary/aromatic N) is 1. The summed E-state index contributed by atoms with van der Waals surface area (Å²) in [7, 11) is 0. The molecule has 0 saturated carbocycles. The van der Waals surface area contributed by atoms with Crippen LogP contribution in [0.25, 0.3) is 0 Å². The molecule has 0 amide bonds. The lowest BCUT2D eigenvalue weighted by Gasteiger charge is -2.35. The predicted molar refractivity (Wildman–Crippen MR) is 82.6 cm³/mol. The zero-order chi connectivity index (χ0) is 15.5. The maximum absolute atomic E-state index is 12.7. The Morgan fingerprint density at radius 2 is 1.91 bits per heavy atom. The Morgan fingerprint density at radius 1 is 1.27 bits per heavy atom. The number of hydrogen-bond donors (Lipinski definition) is 2. The van der Waals surface area contributed by atoms with Crippen LogP contribution < -0.4 is 5.32 Å². The summed E-state index contributed by atoms with van der Waals surface area (Å²) in [5.74, 6) is 0. The third kappa shape index (κ3) is 4.73. The molecule has 126 valence electrons. The number of hydrogen-bond acceptors (Lipinski definition) is 3. The third-order valence-corrected chi connectivity index (χ3v) is 3.99. The van der Waals surface area contributed by atoms with Gasteiger partial charge in [-0.25, -0.2) is 0 Å². The van der Waals surface area contributed by atoms with E-state index in [9.17, 15) is 18.3 Å². The lowest BCUT2D eigenvalue weighted by atomic mass is 10.00. The van der Waals surface area contributed by atoms with Crippen LogP contribution in [0.15, 0.2) is 18.2 Å². The van der Waals surface area contributed by atoms with Crippen LogP contribution in [0.1, 0.15) is 23.6 Å². The van der Waals surface area contributed by atoms with E-state index in [0.717, 1.165) is 32.2 Å². The van der Waals surface area contributed by atoms with Gasteiger partial charge in [0.1, 0.15) is 0 Å². The molecule has 1 aliphatic rings. The second-order valence-electron chi connectivity index (χ2n) is 5.05. The van der Waals surface area contributed by atoms with Crippen LogP contribution in [0.2, 0.25) is 5.02 Å². The molecular weight excluding hydrogens is 340 g/mol. The zero-order valence-corrected chi connectivity index (χ0v) is 13.4. The van der Waals surface area contributed by atoms with Crippen molar-refractivity contribution in [3.05, 3.63) is 34.3 Å². The van der Waals surface area contributed by atoms with E-state index in [-0.39, 0.29) is 30.1 Å². The summed E-state index contributed by atoms with van der Waals surface area (Å²) in [5, 5.41) is 12.2. The van der Waals surface area contributed by atoms with Gasteiger partial charge in [0.2, 0.25) is 0 Å². The van der Waals surface area contributed by atoms with E-state index in [1.807, 2.05) is 0 Å². The number of rotatable bonds is 4. The molecule has 1 aromatic rings. The summed E-state index contributed by atoms with van der Waals surface area (Å²) >= 11 is 5.78. The number of halogens is 5. The highest BCUT2D eigenvalue weighted by molar-refractivity contribution is 6.31. The first kappa shape index (κ1) is 19.5. The van der Waals surface area contributed by atoms with Crippen LogP contribution >= 0.6 is 24.0 Å². The molecular formula is C14H19Cl2F3N2O. The number of piperazine rings is 1.